The number of nitrogens with one attached hydrogen (secondary N) is 1. The second kappa shape index (κ2) is 7.40. The number of benzene rings is 1. The molecule has 0 saturated heterocycles. The maximum absolute atomic E-state index is 12.1. The van der Waals surface area contributed by atoms with Crippen LogP contribution in [0.3, 0.4) is 0 Å². The lowest BCUT2D eigenvalue weighted by molar-refractivity contribution is -0.129. The number of hydrogen-bond donors (Lipinski definition) is 1. The van der Waals surface area contributed by atoms with E-state index in [0.717, 1.165) is 5.56 Å². The average Bonchev–Trinajstić information content (AvgIpc) is 3.07. The number of aromatic nitrogens is 1. The molecule has 130 valence electrons. The summed E-state index contributed by atoms with van der Waals surface area (Å²) in [5, 5.41) is 2.98. The highest BCUT2D eigenvalue weighted by Gasteiger charge is 2.19. The van der Waals surface area contributed by atoms with Crippen LogP contribution in [0.15, 0.2) is 36.5 Å². The predicted octanol–water partition coefficient (Wildman–Crippen LogP) is 2.33. The molecule has 0 unspecified atom stereocenters. The molecule has 1 aromatic heterocycles. The Morgan fingerprint density at radius 1 is 1.28 bits per heavy atom. The Bertz CT molecular complexity index is 794. The minimum absolute atomic E-state index is 0.192. The summed E-state index contributed by atoms with van der Waals surface area (Å²) in [5.41, 5.74) is 1.07. The minimum Gasteiger partial charge on any atom is -0.454 e. The Balaban J connectivity index is 1.52. The van der Waals surface area contributed by atoms with Crippen LogP contribution in [0.4, 0.5) is 0 Å². The number of halogens is 1. The van der Waals surface area contributed by atoms with E-state index in [1.807, 2.05) is 6.07 Å². The van der Waals surface area contributed by atoms with Crippen molar-refractivity contribution >= 4 is 23.5 Å². The van der Waals surface area contributed by atoms with Gasteiger partial charge in [-0.2, -0.15) is 0 Å². The van der Waals surface area contributed by atoms with E-state index in [1.165, 1.54) is 25.3 Å². The molecule has 0 saturated carbocycles. The van der Waals surface area contributed by atoms with E-state index >= 15 is 0 Å². The number of pyridine rings is 1. The normalized spacial score (nSPS) is 13.2. The lowest BCUT2D eigenvalue weighted by Gasteiger charge is -2.13. The molecule has 1 aliphatic heterocycles. The van der Waals surface area contributed by atoms with Crippen LogP contribution >= 0.6 is 11.6 Å². The Kier molecular flexibility index (Phi) is 5.04. The van der Waals surface area contributed by atoms with Gasteiger partial charge >= 0.3 is 5.97 Å². The topological polar surface area (TPSA) is 86.8 Å². The Hall–Kier alpha value is -2.80. The van der Waals surface area contributed by atoms with Gasteiger partial charge in [0.1, 0.15) is 5.15 Å². The van der Waals surface area contributed by atoms with Gasteiger partial charge in [-0.15, -0.1) is 0 Å². The number of hydrogen-bond acceptors (Lipinski definition) is 6. The third-order valence-electron chi connectivity index (χ3n) is 3.52. The summed E-state index contributed by atoms with van der Waals surface area (Å²) in [5.74, 6) is 0.262. The molecular formula is C17H15ClN2O5. The number of nitrogens with zero attached hydrogens (tertiary/aromatic N) is 1. The largest absolute Gasteiger partial charge is 0.454 e. The quantitative estimate of drug-likeness (QED) is 0.649. The van der Waals surface area contributed by atoms with E-state index < -0.39 is 18.0 Å². The molecule has 1 aliphatic rings. The van der Waals surface area contributed by atoms with Gasteiger partial charge in [-0.25, -0.2) is 9.78 Å². The van der Waals surface area contributed by atoms with Crippen LogP contribution in [0.2, 0.25) is 5.15 Å². The fourth-order valence-corrected chi connectivity index (χ4v) is 2.27. The van der Waals surface area contributed by atoms with E-state index in [-0.39, 0.29) is 24.1 Å². The summed E-state index contributed by atoms with van der Waals surface area (Å²) in [6.45, 7) is 1.97. The standard InChI is InChI=1S/C17H15ClN2O5/c1-10(25-17(22)12-3-5-15(18)19-8-12)16(21)20-7-11-2-4-13-14(6-11)24-9-23-13/h2-6,8,10H,7,9H2,1H3,(H,20,21)/t10-/m0/s1. The summed E-state index contributed by atoms with van der Waals surface area (Å²) in [4.78, 5) is 27.8. The molecule has 0 radical (unpaired) electrons. The second-order valence-electron chi connectivity index (χ2n) is 5.32. The fourth-order valence-electron chi connectivity index (χ4n) is 2.16. The number of carbonyl (C=O) groups excluding carboxylic acids is 2. The second-order valence-corrected chi connectivity index (χ2v) is 5.71. The van der Waals surface area contributed by atoms with Gasteiger partial charge in [0.05, 0.1) is 5.56 Å². The molecule has 7 nitrogen and oxygen atoms in total. The van der Waals surface area contributed by atoms with Crippen molar-refractivity contribution in [2.75, 3.05) is 6.79 Å². The third kappa shape index (κ3) is 4.19. The maximum Gasteiger partial charge on any atom is 0.340 e. The molecule has 0 fully saturated rings. The SMILES string of the molecule is C[C@H](OC(=O)c1ccc(Cl)nc1)C(=O)NCc1ccc2c(c1)OCO2. The van der Waals surface area contributed by atoms with E-state index in [4.69, 9.17) is 25.8 Å². The van der Waals surface area contributed by atoms with Crippen LogP contribution in [-0.2, 0) is 16.1 Å². The summed E-state index contributed by atoms with van der Waals surface area (Å²) in [7, 11) is 0. The van der Waals surface area contributed by atoms with Crippen molar-refractivity contribution in [3.05, 3.63) is 52.8 Å². The molecule has 8 heteroatoms. The highest BCUT2D eigenvalue weighted by molar-refractivity contribution is 6.29. The number of fused-ring (bicyclic) bond motifs is 1. The number of esters is 1. The molecule has 2 heterocycles. The monoisotopic (exact) mass is 362 g/mol. The van der Waals surface area contributed by atoms with E-state index in [0.29, 0.717) is 11.5 Å². The number of amides is 1. The molecule has 1 atom stereocenters. The van der Waals surface area contributed by atoms with Gasteiger partial charge in [-0.3, -0.25) is 4.79 Å². The summed E-state index contributed by atoms with van der Waals surface area (Å²) < 4.78 is 15.6. The zero-order chi connectivity index (χ0) is 17.8. The van der Waals surface area contributed by atoms with Crippen LogP contribution in [0.1, 0.15) is 22.8 Å². The van der Waals surface area contributed by atoms with E-state index in [9.17, 15) is 9.59 Å². The first kappa shape index (κ1) is 17.0. The van der Waals surface area contributed by atoms with Crippen molar-refractivity contribution in [1.82, 2.24) is 10.3 Å². The van der Waals surface area contributed by atoms with Crippen molar-refractivity contribution in [2.45, 2.75) is 19.6 Å². The van der Waals surface area contributed by atoms with Gasteiger partial charge in [0, 0.05) is 12.7 Å². The van der Waals surface area contributed by atoms with Crippen molar-refractivity contribution in [1.29, 1.82) is 0 Å². The van der Waals surface area contributed by atoms with Gasteiger partial charge in [0.25, 0.3) is 5.91 Å². The summed E-state index contributed by atoms with van der Waals surface area (Å²) in [6, 6.07) is 8.35. The first-order chi connectivity index (χ1) is 12.0. The first-order valence-corrected chi connectivity index (χ1v) is 7.89. The number of carbonyl (C=O) groups is 2. The van der Waals surface area contributed by atoms with Crippen LogP contribution in [0, 0.1) is 0 Å². The molecule has 1 N–H and O–H groups in total. The molecule has 0 spiro atoms. The van der Waals surface area contributed by atoms with Gasteiger partial charge in [0.2, 0.25) is 6.79 Å². The third-order valence-corrected chi connectivity index (χ3v) is 3.74. The van der Waals surface area contributed by atoms with Crippen LogP contribution in [0.5, 0.6) is 11.5 Å². The smallest absolute Gasteiger partial charge is 0.340 e. The van der Waals surface area contributed by atoms with Crippen molar-refractivity contribution in [2.24, 2.45) is 0 Å². The zero-order valence-corrected chi connectivity index (χ0v) is 14.1. The van der Waals surface area contributed by atoms with Gasteiger partial charge in [-0.1, -0.05) is 17.7 Å². The molecule has 25 heavy (non-hydrogen) atoms. The molecule has 2 aromatic rings. The molecule has 0 aliphatic carbocycles. The lowest BCUT2D eigenvalue weighted by atomic mass is 10.2. The van der Waals surface area contributed by atoms with Crippen LogP contribution in [-0.4, -0.2) is 29.8 Å². The molecule has 0 bridgehead atoms. The van der Waals surface area contributed by atoms with Gasteiger partial charge in [0.15, 0.2) is 17.6 Å². The average molecular weight is 363 g/mol. The first-order valence-electron chi connectivity index (χ1n) is 7.51. The Morgan fingerprint density at radius 2 is 2.08 bits per heavy atom. The molecule has 1 amide bonds. The lowest BCUT2D eigenvalue weighted by Crippen LogP contribution is -2.35. The molecule has 1 aromatic carbocycles. The Morgan fingerprint density at radius 3 is 2.84 bits per heavy atom. The van der Waals surface area contributed by atoms with E-state index in [1.54, 1.807) is 12.1 Å². The zero-order valence-electron chi connectivity index (χ0n) is 13.3. The summed E-state index contributed by atoms with van der Waals surface area (Å²) >= 11 is 5.66. The number of rotatable bonds is 5. The summed E-state index contributed by atoms with van der Waals surface area (Å²) in [6.07, 6.45) is 0.347. The van der Waals surface area contributed by atoms with Crippen molar-refractivity contribution in [3.63, 3.8) is 0 Å². The van der Waals surface area contributed by atoms with Gasteiger partial charge in [-0.05, 0) is 36.8 Å². The fraction of sp³-hybridized carbons (Fsp3) is 0.235. The number of ether oxygens (including phenoxy) is 3. The predicted molar refractivity (Wildman–Crippen MR) is 88.5 cm³/mol. The highest BCUT2D eigenvalue weighted by Crippen LogP contribution is 2.32. The molecule has 3 rings (SSSR count). The Labute approximate surface area is 148 Å². The van der Waals surface area contributed by atoms with Crippen LogP contribution in [0.25, 0.3) is 0 Å². The van der Waals surface area contributed by atoms with Gasteiger partial charge < -0.3 is 19.5 Å². The minimum atomic E-state index is -0.947. The van der Waals surface area contributed by atoms with E-state index in [2.05, 4.69) is 10.3 Å². The van der Waals surface area contributed by atoms with Crippen molar-refractivity contribution in [3.8, 4) is 11.5 Å². The highest BCUT2D eigenvalue weighted by atomic mass is 35.5. The maximum atomic E-state index is 12.1. The van der Waals surface area contributed by atoms with Crippen molar-refractivity contribution < 1.29 is 23.8 Å². The van der Waals surface area contributed by atoms with Crippen LogP contribution < -0.4 is 14.8 Å². The molecular weight excluding hydrogens is 348 g/mol.